The van der Waals surface area contributed by atoms with Gasteiger partial charge in [0.05, 0.1) is 6.54 Å². The summed E-state index contributed by atoms with van der Waals surface area (Å²) in [5.74, 6) is -1.41. The van der Waals surface area contributed by atoms with Crippen LogP contribution in [-0.2, 0) is 9.59 Å². The largest absolute Gasteiger partial charge is 0.480 e. The Morgan fingerprint density at radius 3 is 2.77 bits per heavy atom. The fourth-order valence-corrected chi connectivity index (χ4v) is 4.10. The van der Waals surface area contributed by atoms with Crippen LogP contribution in [0.25, 0.3) is 10.8 Å². The number of hydrogen-bond acceptors (Lipinski definition) is 7. The molecule has 154 valence electrons. The molecule has 0 aliphatic carbocycles. The van der Waals surface area contributed by atoms with Gasteiger partial charge in [0, 0.05) is 18.8 Å². The number of fused-ring (bicyclic) bond motifs is 1. The zero-order valence-electron chi connectivity index (χ0n) is 15.8. The van der Waals surface area contributed by atoms with E-state index < -0.39 is 11.9 Å². The van der Waals surface area contributed by atoms with Crippen LogP contribution in [0.15, 0.2) is 42.5 Å². The summed E-state index contributed by atoms with van der Waals surface area (Å²) >= 11 is 1.12. The minimum absolute atomic E-state index is 0.126. The van der Waals surface area contributed by atoms with E-state index in [0.717, 1.165) is 22.1 Å². The predicted octanol–water partition coefficient (Wildman–Crippen LogP) is 1.98. The van der Waals surface area contributed by atoms with Gasteiger partial charge in [-0.1, -0.05) is 41.7 Å². The standard InChI is InChI=1S/C20H19N5O4S/c26-15-11-25(8-7-21-15)20-24-18(22-10-16(27)28)17(30-20)19(29)23-14-6-5-12-3-1-2-4-13(12)9-14/h1-6,9,22H,7-8,10-11H2,(H,21,26)(H,23,29)(H,27,28). The lowest BCUT2D eigenvalue weighted by molar-refractivity contribution is -0.135. The molecule has 1 aromatic heterocycles. The van der Waals surface area contributed by atoms with E-state index in [1.165, 1.54) is 0 Å². The Labute approximate surface area is 175 Å². The molecule has 2 heterocycles. The highest BCUT2D eigenvalue weighted by molar-refractivity contribution is 7.18. The van der Waals surface area contributed by atoms with Gasteiger partial charge in [-0.15, -0.1) is 0 Å². The van der Waals surface area contributed by atoms with E-state index in [2.05, 4.69) is 20.9 Å². The van der Waals surface area contributed by atoms with Crippen LogP contribution in [0.3, 0.4) is 0 Å². The summed E-state index contributed by atoms with van der Waals surface area (Å²) in [6, 6.07) is 13.4. The van der Waals surface area contributed by atoms with Crippen LogP contribution in [0.5, 0.6) is 0 Å². The summed E-state index contributed by atoms with van der Waals surface area (Å²) < 4.78 is 0. The number of piperazine rings is 1. The third kappa shape index (κ3) is 4.33. The highest BCUT2D eigenvalue weighted by Gasteiger charge is 2.25. The molecule has 0 saturated carbocycles. The van der Waals surface area contributed by atoms with E-state index in [-0.39, 0.29) is 29.7 Å². The molecule has 0 radical (unpaired) electrons. The minimum Gasteiger partial charge on any atom is -0.480 e. The van der Waals surface area contributed by atoms with Gasteiger partial charge in [-0.05, 0) is 22.9 Å². The van der Waals surface area contributed by atoms with E-state index in [9.17, 15) is 14.4 Å². The molecule has 3 aromatic rings. The van der Waals surface area contributed by atoms with Crippen molar-refractivity contribution < 1.29 is 19.5 Å². The molecule has 1 fully saturated rings. The van der Waals surface area contributed by atoms with Crippen molar-refractivity contribution in [1.29, 1.82) is 0 Å². The lowest BCUT2D eigenvalue weighted by Crippen LogP contribution is -2.47. The van der Waals surface area contributed by atoms with Crippen molar-refractivity contribution in [3.8, 4) is 0 Å². The van der Waals surface area contributed by atoms with Crippen LogP contribution in [-0.4, -0.2) is 54.1 Å². The fraction of sp³-hybridized carbons (Fsp3) is 0.200. The Hall–Kier alpha value is -3.66. The summed E-state index contributed by atoms with van der Waals surface area (Å²) in [6.45, 7) is 0.801. The Morgan fingerprint density at radius 1 is 1.20 bits per heavy atom. The molecular weight excluding hydrogens is 406 g/mol. The molecule has 10 heteroatoms. The van der Waals surface area contributed by atoms with Gasteiger partial charge < -0.3 is 26.0 Å². The Balaban J connectivity index is 1.60. The van der Waals surface area contributed by atoms with Gasteiger partial charge in [0.15, 0.2) is 10.9 Å². The molecular formula is C20H19N5O4S. The third-order valence-electron chi connectivity index (χ3n) is 4.55. The van der Waals surface area contributed by atoms with Crippen molar-refractivity contribution in [3.63, 3.8) is 0 Å². The SMILES string of the molecule is O=C(O)CNc1nc(N2CCNC(=O)C2)sc1C(=O)Nc1ccc2ccccc2c1. The lowest BCUT2D eigenvalue weighted by Gasteiger charge is -2.25. The van der Waals surface area contributed by atoms with E-state index in [1.54, 1.807) is 4.90 Å². The second-order valence-electron chi connectivity index (χ2n) is 6.71. The second-order valence-corrected chi connectivity index (χ2v) is 7.69. The number of rotatable bonds is 6. The van der Waals surface area contributed by atoms with E-state index in [4.69, 9.17) is 5.11 Å². The monoisotopic (exact) mass is 425 g/mol. The summed E-state index contributed by atoms with van der Waals surface area (Å²) in [4.78, 5) is 42.0. The van der Waals surface area contributed by atoms with E-state index >= 15 is 0 Å². The quantitative estimate of drug-likeness (QED) is 0.476. The summed E-state index contributed by atoms with van der Waals surface area (Å²) in [5, 5.41) is 19.8. The Bertz CT molecular complexity index is 1130. The first kappa shape index (κ1) is 19.6. The molecule has 1 aliphatic rings. The van der Waals surface area contributed by atoms with Crippen molar-refractivity contribution in [3.05, 3.63) is 47.3 Å². The lowest BCUT2D eigenvalue weighted by atomic mass is 10.1. The van der Waals surface area contributed by atoms with Crippen LogP contribution in [0.4, 0.5) is 16.6 Å². The number of carboxylic acids is 1. The molecule has 4 N–H and O–H groups in total. The van der Waals surface area contributed by atoms with Gasteiger partial charge in [-0.2, -0.15) is 0 Å². The molecule has 2 aromatic carbocycles. The molecule has 9 nitrogen and oxygen atoms in total. The number of carbonyl (C=O) groups is 3. The second kappa shape index (κ2) is 8.37. The van der Waals surface area contributed by atoms with Crippen molar-refractivity contribution >= 4 is 56.5 Å². The van der Waals surface area contributed by atoms with Crippen molar-refractivity contribution in [1.82, 2.24) is 10.3 Å². The number of amides is 2. The topological polar surface area (TPSA) is 124 Å². The maximum Gasteiger partial charge on any atom is 0.322 e. The molecule has 30 heavy (non-hydrogen) atoms. The van der Waals surface area contributed by atoms with E-state index in [1.807, 2.05) is 42.5 Å². The van der Waals surface area contributed by atoms with Crippen LogP contribution < -0.4 is 20.9 Å². The van der Waals surface area contributed by atoms with Crippen molar-refractivity contribution in [2.24, 2.45) is 0 Å². The molecule has 0 unspecified atom stereocenters. The highest BCUT2D eigenvalue weighted by Crippen LogP contribution is 2.31. The molecule has 0 bridgehead atoms. The number of aromatic nitrogens is 1. The van der Waals surface area contributed by atoms with Crippen LogP contribution >= 0.6 is 11.3 Å². The summed E-state index contributed by atoms with van der Waals surface area (Å²) in [5.41, 5.74) is 0.621. The number of carbonyl (C=O) groups excluding carboxylic acids is 2. The number of carboxylic acid groups (broad SMARTS) is 1. The highest BCUT2D eigenvalue weighted by atomic mass is 32.1. The average molecular weight is 425 g/mol. The predicted molar refractivity (Wildman–Crippen MR) is 115 cm³/mol. The van der Waals surface area contributed by atoms with Crippen molar-refractivity contribution in [2.45, 2.75) is 0 Å². The smallest absolute Gasteiger partial charge is 0.322 e. The average Bonchev–Trinajstić information content (AvgIpc) is 3.17. The molecule has 1 aliphatic heterocycles. The number of nitrogens with one attached hydrogen (secondary N) is 3. The van der Waals surface area contributed by atoms with Gasteiger partial charge in [-0.25, -0.2) is 4.98 Å². The number of hydrogen-bond donors (Lipinski definition) is 4. The maximum atomic E-state index is 13.0. The number of benzene rings is 2. The summed E-state index contributed by atoms with van der Waals surface area (Å²) in [6.07, 6.45) is 0. The van der Waals surface area contributed by atoms with E-state index in [0.29, 0.717) is 23.9 Å². The molecule has 2 amide bonds. The number of anilines is 3. The van der Waals surface area contributed by atoms with Crippen LogP contribution in [0.1, 0.15) is 9.67 Å². The third-order valence-corrected chi connectivity index (χ3v) is 5.66. The molecule has 4 rings (SSSR count). The Kier molecular flexibility index (Phi) is 5.48. The zero-order valence-corrected chi connectivity index (χ0v) is 16.7. The Morgan fingerprint density at radius 2 is 2.00 bits per heavy atom. The first-order valence-electron chi connectivity index (χ1n) is 9.28. The van der Waals surface area contributed by atoms with Crippen molar-refractivity contribution in [2.75, 3.05) is 41.7 Å². The number of thiazole rings is 1. The minimum atomic E-state index is -1.07. The summed E-state index contributed by atoms with van der Waals surface area (Å²) in [7, 11) is 0. The van der Waals surface area contributed by atoms with Gasteiger partial charge in [-0.3, -0.25) is 14.4 Å². The molecule has 0 spiro atoms. The maximum absolute atomic E-state index is 13.0. The zero-order chi connectivity index (χ0) is 21.1. The molecule has 0 atom stereocenters. The first-order valence-corrected chi connectivity index (χ1v) is 10.1. The van der Waals surface area contributed by atoms with Gasteiger partial charge >= 0.3 is 5.97 Å². The number of nitrogens with zero attached hydrogens (tertiary/aromatic N) is 2. The fourth-order valence-electron chi connectivity index (χ4n) is 3.13. The van der Waals surface area contributed by atoms with Crippen LogP contribution in [0.2, 0.25) is 0 Å². The number of aliphatic carboxylic acids is 1. The van der Waals surface area contributed by atoms with Gasteiger partial charge in [0.1, 0.15) is 11.4 Å². The normalized spacial score (nSPS) is 13.7. The molecule has 1 saturated heterocycles. The van der Waals surface area contributed by atoms with Gasteiger partial charge in [0.2, 0.25) is 5.91 Å². The van der Waals surface area contributed by atoms with Gasteiger partial charge in [0.25, 0.3) is 5.91 Å². The first-order chi connectivity index (χ1) is 14.5. The van der Waals surface area contributed by atoms with Crippen LogP contribution in [0, 0.1) is 0 Å².